The summed E-state index contributed by atoms with van der Waals surface area (Å²) in [6.45, 7) is 0.501. The predicted octanol–water partition coefficient (Wildman–Crippen LogP) is 1.53. The summed E-state index contributed by atoms with van der Waals surface area (Å²) in [4.78, 5) is 0. The normalized spacial score (nSPS) is 9.42. The Morgan fingerprint density at radius 3 is 2.92 bits per heavy atom. The summed E-state index contributed by atoms with van der Waals surface area (Å²) in [6.07, 6.45) is 5.11. The average Bonchev–Trinajstić information content (AvgIpc) is 2.09. The van der Waals surface area contributed by atoms with Gasteiger partial charge >= 0.3 is 0 Å². The van der Waals surface area contributed by atoms with Crippen LogP contribution >= 0.6 is 0 Å². The van der Waals surface area contributed by atoms with Gasteiger partial charge in [0, 0.05) is 12.1 Å². The molecule has 0 aliphatic heterocycles. The molecule has 0 unspecified atom stereocenters. The largest absolute Gasteiger partial charge is 0.316 e. The third-order valence-corrected chi connectivity index (χ3v) is 1.60. The van der Waals surface area contributed by atoms with Gasteiger partial charge in [-0.3, -0.25) is 0 Å². The van der Waals surface area contributed by atoms with Gasteiger partial charge < -0.3 is 5.32 Å². The highest BCUT2D eigenvalue weighted by Crippen LogP contribution is 2.11. The smallest absolute Gasteiger partial charge is 0.143 e. The van der Waals surface area contributed by atoms with Crippen LogP contribution in [0.3, 0.4) is 0 Å². The first-order valence-corrected chi connectivity index (χ1v) is 3.68. The lowest BCUT2D eigenvalue weighted by molar-refractivity contribution is 0.598. The zero-order valence-corrected chi connectivity index (χ0v) is 6.89. The topological polar surface area (TPSA) is 12.0 Å². The second-order valence-electron chi connectivity index (χ2n) is 2.45. The van der Waals surface area contributed by atoms with Gasteiger partial charge in [0.05, 0.1) is 5.56 Å². The Kier molecular flexibility index (Phi) is 2.84. The molecule has 0 radical (unpaired) electrons. The van der Waals surface area contributed by atoms with E-state index in [2.05, 4.69) is 11.2 Å². The Labute approximate surface area is 71.6 Å². The minimum Gasteiger partial charge on any atom is -0.316 e. The summed E-state index contributed by atoms with van der Waals surface area (Å²) in [5.74, 6) is 1.99. The van der Waals surface area contributed by atoms with Gasteiger partial charge in [0.25, 0.3) is 0 Å². The summed E-state index contributed by atoms with van der Waals surface area (Å²) < 4.78 is 13.3. The quantitative estimate of drug-likeness (QED) is 0.652. The van der Waals surface area contributed by atoms with Crippen molar-refractivity contribution in [2.75, 3.05) is 7.05 Å². The van der Waals surface area contributed by atoms with E-state index in [1.165, 1.54) is 0 Å². The lowest BCUT2D eigenvalue weighted by atomic mass is 10.1. The summed E-state index contributed by atoms with van der Waals surface area (Å²) in [5.41, 5.74) is 0.927. The molecular formula is C10H10FN. The van der Waals surface area contributed by atoms with Gasteiger partial charge in [-0.25, -0.2) is 4.39 Å². The minimum absolute atomic E-state index is 0.297. The van der Waals surface area contributed by atoms with E-state index in [-0.39, 0.29) is 5.82 Å². The average molecular weight is 163 g/mol. The number of halogens is 1. The molecule has 0 heterocycles. The minimum atomic E-state index is -0.297. The zero-order chi connectivity index (χ0) is 8.97. The van der Waals surface area contributed by atoms with E-state index in [1.54, 1.807) is 25.2 Å². The Balaban J connectivity index is 3.07. The lowest BCUT2D eigenvalue weighted by Gasteiger charge is -2.02. The molecule has 1 aromatic rings. The lowest BCUT2D eigenvalue weighted by Crippen LogP contribution is -2.07. The van der Waals surface area contributed by atoms with Gasteiger partial charge in [-0.1, -0.05) is 18.1 Å². The molecule has 0 aliphatic carbocycles. The fourth-order valence-electron chi connectivity index (χ4n) is 1.02. The van der Waals surface area contributed by atoms with Crippen molar-refractivity contribution in [3.8, 4) is 12.3 Å². The zero-order valence-electron chi connectivity index (χ0n) is 6.89. The number of benzene rings is 1. The molecule has 0 bridgehead atoms. The van der Waals surface area contributed by atoms with Crippen LogP contribution in [0.2, 0.25) is 0 Å². The Morgan fingerprint density at radius 1 is 1.58 bits per heavy atom. The molecule has 0 saturated carbocycles. The van der Waals surface area contributed by atoms with Crippen molar-refractivity contribution in [2.24, 2.45) is 0 Å². The van der Waals surface area contributed by atoms with Crippen molar-refractivity contribution < 1.29 is 4.39 Å². The van der Waals surface area contributed by atoms with E-state index in [9.17, 15) is 4.39 Å². The van der Waals surface area contributed by atoms with Crippen LogP contribution in [0.1, 0.15) is 11.1 Å². The molecule has 0 spiro atoms. The van der Waals surface area contributed by atoms with E-state index >= 15 is 0 Å². The van der Waals surface area contributed by atoms with Crippen molar-refractivity contribution >= 4 is 0 Å². The van der Waals surface area contributed by atoms with E-state index < -0.39 is 0 Å². The number of hydrogen-bond donors (Lipinski definition) is 1. The summed E-state index contributed by atoms with van der Waals surface area (Å²) in [7, 11) is 1.77. The van der Waals surface area contributed by atoms with E-state index in [4.69, 9.17) is 6.42 Å². The molecule has 12 heavy (non-hydrogen) atoms. The highest BCUT2D eigenvalue weighted by molar-refractivity contribution is 5.37. The van der Waals surface area contributed by atoms with Crippen LogP contribution in [0.25, 0.3) is 0 Å². The Morgan fingerprint density at radius 2 is 2.33 bits per heavy atom. The predicted molar refractivity (Wildman–Crippen MR) is 47.1 cm³/mol. The first-order chi connectivity index (χ1) is 5.79. The molecule has 62 valence electrons. The number of rotatable bonds is 2. The van der Waals surface area contributed by atoms with E-state index in [0.717, 1.165) is 0 Å². The summed E-state index contributed by atoms with van der Waals surface area (Å²) >= 11 is 0. The van der Waals surface area contributed by atoms with Crippen LogP contribution < -0.4 is 5.32 Å². The van der Waals surface area contributed by atoms with E-state index in [1.807, 2.05) is 0 Å². The molecule has 0 aliphatic rings. The van der Waals surface area contributed by atoms with Crippen LogP contribution in [0.4, 0.5) is 4.39 Å². The molecule has 0 atom stereocenters. The maximum atomic E-state index is 13.3. The molecule has 1 rings (SSSR count). The molecule has 1 N–H and O–H groups in total. The van der Waals surface area contributed by atoms with Gasteiger partial charge in [-0.2, -0.15) is 0 Å². The maximum absolute atomic E-state index is 13.3. The molecule has 0 fully saturated rings. The van der Waals surface area contributed by atoms with Gasteiger partial charge in [-0.15, -0.1) is 6.42 Å². The SMILES string of the molecule is C#Cc1cccc(CNC)c1F. The molecule has 0 amide bonds. The summed E-state index contributed by atoms with van der Waals surface area (Å²) in [6, 6.07) is 5.06. The highest BCUT2D eigenvalue weighted by atomic mass is 19.1. The maximum Gasteiger partial charge on any atom is 0.143 e. The number of terminal acetylenes is 1. The van der Waals surface area contributed by atoms with Gasteiger partial charge in [0.15, 0.2) is 0 Å². The first-order valence-electron chi connectivity index (χ1n) is 3.68. The third kappa shape index (κ3) is 1.63. The molecule has 1 nitrogen and oxygen atoms in total. The second kappa shape index (κ2) is 3.89. The fourth-order valence-corrected chi connectivity index (χ4v) is 1.02. The summed E-state index contributed by atoms with van der Waals surface area (Å²) in [5, 5.41) is 2.87. The van der Waals surface area contributed by atoms with Crippen molar-refractivity contribution in [1.82, 2.24) is 5.32 Å². The van der Waals surface area contributed by atoms with Crippen molar-refractivity contribution in [1.29, 1.82) is 0 Å². The highest BCUT2D eigenvalue weighted by Gasteiger charge is 2.03. The van der Waals surface area contributed by atoms with Crippen LogP contribution in [0, 0.1) is 18.2 Å². The third-order valence-electron chi connectivity index (χ3n) is 1.60. The Hall–Kier alpha value is -1.33. The van der Waals surface area contributed by atoms with Crippen molar-refractivity contribution in [2.45, 2.75) is 6.54 Å². The fraction of sp³-hybridized carbons (Fsp3) is 0.200. The monoisotopic (exact) mass is 163 g/mol. The molecule has 2 heteroatoms. The van der Waals surface area contributed by atoms with Crippen molar-refractivity contribution in [3.63, 3.8) is 0 Å². The molecule has 0 saturated heterocycles. The van der Waals surface area contributed by atoms with Gasteiger partial charge in [0.1, 0.15) is 5.82 Å². The Bertz CT molecular complexity index is 312. The standard InChI is InChI=1S/C10H10FN/c1-3-8-5-4-6-9(7-12-2)10(8)11/h1,4-6,12H,7H2,2H3. The van der Waals surface area contributed by atoms with Crippen LogP contribution in [-0.2, 0) is 6.54 Å². The van der Waals surface area contributed by atoms with Crippen LogP contribution in [0.5, 0.6) is 0 Å². The molecule has 0 aromatic heterocycles. The van der Waals surface area contributed by atoms with Gasteiger partial charge in [0.2, 0.25) is 0 Å². The molecule has 1 aromatic carbocycles. The van der Waals surface area contributed by atoms with Gasteiger partial charge in [-0.05, 0) is 13.1 Å². The van der Waals surface area contributed by atoms with E-state index in [0.29, 0.717) is 17.7 Å². The molecular weight excluding hydrogens is 153 g/mol. The van der Waals surface area contributed by atoms with Crippen molar-refractivity contribution in [3.05, 3.63) is 35.1 Å². The number of nitrogens with one attached hydrogen (secondary N) is 1. The van der Waals surface area contributed by atoms with Crippen LogP contribution in [-0.4, -0.2) is 7.05 Å². The number of hydrogen-bond acceptors (Lipinski definition) is 1. The second-order valence-corrected chi connectivity index (χ2v) is 2.45. The van der Waals surface area contributed by atoms with Crippen LogP contribution in [0.15, 0.2) is 18.2 Å². The first kappa shape index (κ1) is 8.76.